The Balaban J connectivity index is 4.84. The zero-order chi connectivity index (χ0) is 13.1. The summed E-state index contributed by atoms with van der Waals surface area (Å²) in [6.07, 6.45) is 0.669. The van der Waals surface area contributed by atoms with Gasteiger partial charge in [0.2, 0.25) is 5.91 Å². The lowest BCUT2D eigenvalue weighted by Gasteiger charge is -2.37. The number of rotatable bonds is 6. The predicted molar refractivity (Wildman–Crippen MR) is 70.3 cm³/mol. The molecule has 4 heteroatoms. The number of nitrogens with two attached hydrogens (primary N) is 1. The molecule has 0 spiro atoms. The summed E-state index contributed by atoms with van der Waals surface area (Å²) in [6, 6.07) is 0. The molecule has 0 rings (SSSR count). The van der Waals surface area contributed by atoms with Crippen LogP contribution in [0.5, 0.6) is 0 Å². The topological polar surface area (TPSA) is 63.3 Å². The molecular formula is C12H24BrNO2. The number of aliphatic hydroxyl groups excluding tert-OH is 1. The van der Waals surface area contributed by atoms with Crippen molar-refractivity contribution >= 4 is 21.8 Å². The highest BCUT2D eigenvalue weighted by Gasteiger charge is 2.38. The van der Waals surface area contributed by atoms with Gasteiger partial charge in [0.05, 0.1) is 5.92 Å². The molecule has 3 N–H and O–H groups in total. The summed E-state index contributed by atoms with van der Waals surface area (Å²) in [4.78, 5) is 11.5. The molecule has 0 aromatic heterocycles. The average Bonchev–Trinajstić information content (AvgIpc) is 2.10. The summed E-state index contributed by atoms with van der Waals surface area (Å²) < 4.78 is -0.314. The third-order valence-electron chi connectivity index (χ3n) is 3.51. The molecule has 0 aliphatic heterocycles. The Morgan fingerprint density at radius 3 is 2.06 bits per heavy atom. The first-order valence-electron chi connectivity index (χ1n) is 5.61. The van der Waals surface area contributed by atoms with E-state index in [0.29, 0.717) is 6.42 Å². The molecule has 0 aromatic carbocycles. The molecule has 0 saturated heterocycles. The zero-order valence-corrected chi connectivity index (χ0v) is 12.5. The average molecular weight is 294 g/mol. The molecule has 96 valence electrons. The summed E-state index contributed by atoms with van der Waals surface area (Å²) in [5.41, 5.74) is 5.33. The smallest absolute Gasteiger partial charge is 0.221 e. The van der Waals surface area contributed by atoms with Gasteiger partial charge < -0.3 is 10.8 Å². The minimum Gasteiger partial charge on any atom is -0.396 e. The highest BCUT2D eigenvalue weighted by Crippen LogP contribution is 2.40. The minimum atomic E-state index is -0.314. The largest absolute Gasteiger partial charge is 0.396 e. The molecule has 16 heavy (non-hydrogen) atoms. The second kappa shape index (κ2) is 5.50. The van der Waals surface area contributed by atoms with Crippen molar-refractivity contribution in [2.45, 2.75) is 45.4 Å². The van der Waals surface area contributed by atoms with Crippen molar-refractivity contribution in [3.05, 3.63) is 0 Å². The number of primary amides is 1. The van der Waals surface area contributed by atoms with E-state index in [2.05, 4.69) is 29.8 Å². The molecule has 0 aliphatic rings. The van der Waals surface area contributed by atoms with Crippen LogP contribution in [0.25, 0.3) is 0 Å². The Morgan fingerprint density at radius 1 is 1.38 bits per heavy atom. The van der Waals surface area contributed by atoms with Crippen molar-refractivity contribution in [3.63, 3.8) is 0 Å². The Morgan fingerprint density at radius 2 is 1.81 bits per heavy atom. The molecule has 2 atom stereocenters. The molecule has 0 saturated carbocycles. The fourth-order valence-corrected chi connectivity index (χ4v) is 2.04. The lowest BCUT2D eigenvalue weighted by Crippen LogP contribution is -2.41. The fourth-order valence-electron chi connectivity index (χ4n) is 1.66. The van der Waals surface area contributed by atoms with E-state index >= 15 is 0 Å². The number of hydrogen-bond donors (Lipinski definition) is 2. The van der Waals surface area contributed by atoms with Gasteiger partial charge >= 0.3 is 0 Å². The maximum Gasteiger partial charge on any atom is 0.221 e. The van der Waals surface area contributed by atoms with Crippen LogP contribution in [-0.2, 0) is 4.79 Å². The second-order valence-electron chi connectivity index (χ2n) is 5.80. The number of hydrogen-bond acceptors (Lipinski definition) is 2. The summed E-state index contributed by atoms with van der Waals surface area (Å²) in [7, 11) is 0. The van der Waals surface area contributed by atoms with E-state index in [0.717, 1.165) is 0 Å². The van der Waals surface area contributed by atoms with Crippen LogP contribution in [-0.4, -0.2) is 21.9 Å². The van der Waals surface area contributed by atoms with Gasteiger partial charge in [-0.1, -0.05) is 36.7 Å². The van der Waals surface area contributed by atoms with Crippen molar-refractivity contribution in [3.8, 4) is 0 Å². The Kier molecular flexibility index (Phi) is 5.47. The van der Waals surface area contributed by atoms with E-state index in [1.807, 2.05) is 20.8 Å². The van der Waals surface area contributed by atoms with E-state index in [-0.39, 0.29) is 34.1 Å². The monoisotopic (exact) mass is 293 g/mol. The van der Waals surface area contributed by atoms with Crippen LogP contribution in [0.4, 0.5) is 0 Å². The van der Waals surface area contributed by atoms with Gasteiger partial charge in [-0.15, -0.1) is 0 Å². The van der Waals surface area contributed by atoms with Gasteiger partial charge in [-0.25, -0.2) is 0 Å². The van der Waals surface area contributed by atoms with Gasteiger partial charge in [0, 0.05) is 10.9 Å². The van der Waals surface area contributed by atoms with Gasteiger partial charge in [0.25, 0.3) is 0 Å². The summed E-state index contributed by atoms with van der Waals surface area (Å²) >= 11 is 3.51. The number of carbonyl (C=O) groups is 1. The number of alkyl halides is 1. The summed E-state index contributed by atoms with van der Waals surface area (Å²) in [6.45, 7) is 10.1. The van der Waals surface area contributed by atoms with Gasteiger partial charge in [0.1, 0.15) is 0 Å². The Bertz CT molecular complexity index is 246. The third-order valence-corrected chi connectivity index (χ3v) is 4.06. The van der Waals surface area contributed by atoms with Crippen LogP contribution < -0.4 is 5.73 Å². The third kappa shape index (κ3) is 4.42. The molecule has 3 nitrogen and oxygen atoms in total. The first-order valence-corrected chi connectivity index (χ1v) is 6.40. The number of carbonyl (C=O) groups excluding carboxylic acids is 1. The number of amides is 1. The van der Waals surface area contributed by atoms with Crippen molar-refractivity contribution in [2.24, 2.45) is 23.0 Å². The van der Waals surface area contributed by atoms with Crippen LogP contribution in [0.1, 0.15) is 41.0 Å². The molecule has 1 amide bonds. The second-order valence-corrected chi connectivity index (χ2v) is 7.84. The molecule has 0 heterocycles. The van der Waals surface area contributed by atoms with Crippen LogP contribution in [0.3, 0.4) is 0 Å². The normalized spacial score (nSPS) is 16.9. The SMILES string of the molecule is CC(CO)C(C)(C)CC(C(N)=O)C(C)(C)Br. The molecular weight excluding hydrogens is 270 g/mol. The van der Waals surface area contributed by atoms with Crippen molar-refractivity contribution in [2.75, 3.05) is 6.61 Å². The highest BCUT2D eigenvalue weighted by atomic mass is 79.9. The van der Waals surface area contributed by atoms with E-state index in [9.17, 15) is 9.90 Å². The first-order chi connectivity index (χ1) is 7.02. The van der Waals surface area contributed by atoms with Crippen LogP contribution in [0.15, 0.2) is 0 Å². The maximum absolute atomic E-state index is 11.5. The summed E-state index contributed by atoms with van der Waals surface area (Å²) in [5, 5.41) is 9.20. The molecule has 0 bridgehead atoms. The number of halogens is 1. The van der Waals surface area contributed by atoms with Crippen molar-refractivity contribution < 1.29 is 9.90 Å². The van der Waals surface area contributed by atoms with Crippen molar-refractivity contribution in [1.29, 1.82) is 0 Å². The first kappa shape index (κ1) is 15.9. The molecule has 0 aliphatic carbocycles. The summed E-state index contributed by atoms with van der Waals surface area (Å²) in [5.74, 6) is -0.388. The Hall–Kier alpha value is -0.0900. The highest BCUT2D eigenvalue weighted by molar-refractivity contribution is 9.10. The van der Waals surface area contributed by atoms with Gasteiger partial charge in [0.15, 0.2) is 0 Å². The lowest BCUT2D eigenvalue weighted by atomic mass is 9.71. The van der Waals surface area contributed by atoms with E-state index in [1.165, 1.54) is 0 Å². The fraction of sp³-hybridized carbons (Fsp3) is 0.917. The quantitative estimate of drug-likeness (QED) is 0.738. The standard InChI is InChI=1S/C12H24BrNO2/c1-8(7-15)11(2,3)6-9(10(14)16)12(4,5)13/h8-9,15H,6-7H2,1-5H3,(H2,14,16). The van der Waals surface area contributed by atoms with Gasteiger partial charge in [-0.3, -0.25) is 4.79 Å². The van der Waals surface area contributed by atoms with E-state index < -0.39 is 0 Å². The molecule has 0 aromatic rings. The van der Waals surface area contributed by atoms with E-state index in [4.69, 9.17) is 5.73 Å². The minimum absolute atomic E-state index is 0.112. The molecule has 0 radical (unpaired) electrons. The van der Waals surface area contributed by atoms with E-state index in [1.54, 1.807) is 0 Å². The van der Waals surface area contributed by atoms with Gasteiger partial charge in [-0.05, 0) is 31.6 Å². The van der Waals surface area contributed by atoms with Crippen molar-refractivity contribution in [1.82, 2.24) is 0 Å². The van der Waals surface area contributed by atoms with Crippen LogP contribution in [0, 0.1) is 17.3 Å². The number of aliphatic hydroxyl groups is 1. The molecule has 2 unspecified atom stereocenters. The van der Waals surface area contributed by atoms with Gasteiger partial charge in [-0.2, -0.15) is 0 Å². The maximum atomic E-state index is 11.5. The Labute approximate surface area is 107 Å². The zero-order valence-electron chi connectivity index (χ0n) is 10.9. The lowest BCUT2D eigenvalue weighted by molar-refractivity contribution is -0.123. The predicted octanol–water partition coefficient (Wildman–Crippen LogP) is 2.31. The van der Waals surface area contributed by atoms with Crippen LogP contribution in [0.2, 0.25) is 0 Å². The molecule has 0 fully saturated rings. The van der Waals surface area contributed by atoms with Crippen LogP contribution >= 0.6 is 15.9 Å².